The Morgan fingerprint density at radius 2 is 2.00 bits per heavy atom. The van der Waals surface area contributed by atoms with Crippen LogP contribution in [-0.4, -0.2) is 32.0 Å². The molecular weight excluding hydrogens is 211 g/mol. The van der Waals surface area contributed by atoms with E-state index >= 15 is 0 Å². The van der Waals surface area contributed by atoms with Crippen molar-refractivity contribution in [1.29, 1.82) is 0 Å². The first-order valence-electron chi connectivity index (χ1n) is 4.59. The summed E-state index contributed by atoms with van der Waals surface area (Å²) in [5, 5.41) is 11.0. The number of aryl methyl sites for hydroxylation is 2. The van der Waals surface area contributed by atoms with Gasteiger partial charge in [-0.25, -0.2) is 14.4 Å². The molecule has 0 amide bonds. The molecule has 0 saturated carbocycles. The minimum atomic E-state index is -0.427. The van der Waals surface area contributed by atoms with Crippen molar-refractivity contribution >= 4 is 0 Å². The first-order valence-corrected chi connectivity index (χ1v) is 4.59. The van der Waals surface area contributed by atoms with Crippen LogP contribution in [0.4, 0.5) is 4.39 Å². The molecule has 2 rings (SSSR count). The summed E-state index contributed by atoms with van der Waals surface area (Å²) in [5.41, 5.74) is 0.959. The van der Waals surface area contributed by atoms with Crippen molar-refractivity contribution in [3.05, 3.63) is 30.2 Å². The topological polar surface area (TPSA) is 63.8 Å². The lowest BCUT2D eigenvalue weighted by atomic mass is 10.2. The Bertz CT molecular complexity index is 470. The van der Waals surface area contributed by atoms with Gasteiger partial charge >= 0.3 is 0 Å². The number of aromatic nitrogens is 4. The van der Waals surface area contributed by atoms with Gasteiger partial charge in [0.25, 0.3) is 0 Å². The molecular formula is C10H13FN4O. The molecule has 86 valence electrons. The maximum Gasteiger partial charge on any atom is 0.167 e. The Labute approximate surface area is 92.6 Å². The number of rotatable bonds is 1. The van der Waals surface area contributed by atoms with Crippen LogP contribution in [0.5, 0.6) is 0 Å². The molecule has 0 unspecified atom stereocenters. The maximum absolute atomic E-state index is 13.3. The zero-order valence-electron chi connectivity index (χ0n) is 9.35. The smallest absolute Gasteiger partial charge is 0.167 e. The summed E-state index contributed by atoms with van der Waals surface area (Å²) in [4.78, 5) is 7.78. The number of hydrogen-bond acceptors (Lipinski definition) is 4. The Kier molecular flexibility index (Phi) is 4.07. The normalized spacial score (nSPS) is 9.56. The molecule has 0 aliphatic rings. The van der Waals surface area contributed by atoms with Gasteiger partial charge in [-0.3, -0.25) is 4.68 Å². The molecule has 5 nitrogen and oxygen atoms in total. The average molecular weight is 224 g/mol. The number of hydrogen-bond donors (Lipinski definition) is 1. The lowest BCUT2D eigenvalue weighted by molar-refractivity contribution is 0.399. The highest BCUT2D eigenvalue weighted by molar-refractivity contribution is 5.57. The predicted octanol–water partition coefficient (Wildman–Crippen LogP) is 0.933. The van der Waals surface area contributed by atoms with Crippen molar-refractivity contribution < 1.29 is 9.50 Å². The van der Waals surface area contributed by atoms with Crippen LogP contribution in [0.2, 0.25) is 0 Å². The van der Waals surface area contributed by atoms with Crippen LogP contribution in [0.1, 0.15) is 5.82 Å². The fourth-order valence-electron chi connectivity index (χ4n) is 1.20. The second kappa shape index (κ2) is 5.32. The van der Waals surface area contributed by atoms with Crippen LogP contribution in [0, 0.1) is 12.7 Å². The average Bonchev–Trinajstić information content (AvgIpc) is 2.71. The molecule has 2 aromatic rings. The molecule has 0 radical (unpaired) electrons. The van der Waals surface area contributed by atoms with Gasteiger partial charge in [0.15, 0.2) is 5.82 Å². The highest BCUT2D eigenvalue weighted by atomic mass is 19.1. The second-order valence-electron chi connectivity index (χ2n) is 3.02. The van der Waals surface area contributed by atoms with E-state index in [4.69, 9.17) is 5.11 Å². The first-order chi connectivity index (χ1) is 7.66. The van der Waals surface area contributed by atoms with E-state index in [1.807, 2.05) is 0 Å². The third-order valence-corrected chi connectivity index (χ3v) is 1.84. The number of aliphatic hydroxyl groups is 1. The van der Waals surface area contributed by atoms with Gasteiger partial charge in [-0.1, -0.05) is 0 Å². The van der Waals surface area contributed by atoms with Gasteiger partial charge in [0.1, 0.15) is 11.5 Å². The molecule has 16 heavy (non-hydrogen) atoms. The van der Waals surface area contributed by atoms with Crippen LogP contribution in [0.3, 0.4) is 0 Å². The molecule has 0 fully saturated rings. The van der Waals surface area contributed by atoms with Crippen LogP contribution < -0.4 is 0 Å². The first kappa shape index (κ1) is 12.3. The van der Waals surface area contributed by atoms with E-state index in [2.05, 4.69) is 15.1 Å². The monoisotopic (exact) mass is 224 g/mol. The molecule has 0 bridgehead atoms. The summed E-state index contributed by atoms with van der Waals surface area (Å²) < 4.78 is 14.9. The van der Waals surface area contributed by atoms with E-state index in [0.29, 0.717) is 17.1 Å². The zero-order valence-corrected chi connectivity index (χ0v) is 9.35. The van der Waals surface area contributed by atoms with Gasteiger partial charge in [-0.05, 0) is 6.92 Å². The lowest BCUT2D eigenvalue weighted by Gasteiger charge is -1.98. The summed E-state index contributed by atoms with van der Waals surface area (Å²) in [6.07, 6.45) is 4.46. The Balaban J connectivity index is 0.000000606. The zero-order chi connectivity index (χ0) is 12.1. The Morgan fingerprint density at radius 1 is 1.31 bits per heavy atom. The summed E-state index contributed by atoms with van der Waals surface area (Å²) >= 11 is 0. The molecule has 0 aromatic carbocycles. The van der Waals surface area contributed by atoms with Crippen molar-refractivity contribution in [3.63, 3.8) is 0 Å². The van der Waals surface area contributed by atoms with Crippen molar-refractivity contribution in [2.45, 2.75) is 6.92 Å². The Morgan fingerprint density at radius 3 is 2.56 bits per heavy atom. The number of aliphatic hydroxyl groups excluding tert-OH is 1. The Hall–Kier alpha value is -1.82. The molecule has 1 N–H and O–H groups in total. The van der Waals surface area contributed by atoms with Crippen LogP contribution >= 0.6 is 0 Å². The van der Waals surface area contributed by atoms with Crippen molar-refractivity contribution in [1.82, 2.24) is 19.7 Å². The standard InChI is InChI=1S/C9H9FN4.CH4O/c1-6-11-4-8(10)9(13-6)7-3-12-14(2)5-7;1-2/h3-5H,1-2H3;2H,1H3. The molecule has 0 aliphatic carbocycles. The molecule has 2 aromatic heterocycles. The molecule has 2 heterocycles. The van der Waals surface area contributed by atoms with E-state index < -0.39 is 5.82 Å². The highest BCUT2D eigenvalue weighted by Gasteiger charge is 2.09. The fraction of sp³-hybridized carbons (Fsp3) is 0.300. The van der Waals surface area contributed by atoms with Gasteiger partial charge in [0, 0.05) is 25.9 Å². The van der Waals surface area contributed by atoms with Crippen molar-refractivity contribution in [2.75, 3.05) is 7.11 Å². The molecule has 6 heteroatoms. The number of halogens is 1. The summed E-state index contributed by atoms with van der Waals surface area (Å²) in [7, 11) is 2.77. The third-order valence-electron chi connectivity index (χ3n) is 1.84. The van der Waals surface area contributed by atoms with Crippen LogP contribution in [0.15, 0.2) is 18.6 Å². The second-order valence-corrected chi connectivity index (χ2v) is 3.02. The summed E-state index contributed by atoms with van der Waals surface area (Å²) in [6.45, 7) is 1.72. The van der Waals surface area contributed by atoms with Crippen LogP contribution in [0.25, 0.3) is 11.3 Å². The molecule has 0 spiro atoms. The number of nitrogens with zero attached hydrogens (tertiary/aromatic N) is 4. The summed E-state index contributed by atoms with van der Waals surface area (Å²) in [5.74, 6) is 0.119. The quantitative estimate of drug-likeness (QED) is 0.782. The fourth-order valence-corrected chi connectivity index (χ4v) is 1.20. The largest absolute Gasteiger partial charge is 0.400 e. The van der Waals surface area contributed by atoms with Crippen molar-refractivity contribution in [3.8, 4) is 11.3 Å². The minimum absolute atomic E-state index is 0.297. The lowest BCUT2D eigenvalue weighted by Crippen LogP contribution is -1.94. The predicted molar refractivity (Wildman–Crippen MR) is 57.1 cm³/mol. The van der Waals surface area contributed by atoms with E-state index in [-0.39, 0.29) is 0 Å². The van der Waals surface area contributed by atoms with E-state index in [1.165, 1.54) is 6.20 Å². The maximum atomic E-state index is 13.3. The molecule has 0 saturated heterocycles. The molecule has 0 atom stereocenters. The third kappa shape index (κ3) is 2.60. The van der Waals surface area contributed by atoms with E-state index in [1.54, 1.807) is 31.0 Å². The van der Waals surface area contributed by atoms with Crippen molar-refractivity contribution in [2.24, 2.45) is 7.05 Å². The SMILES string of the molecule is CO.Cc1ncc(F)c(-c2cnn(C)c2)n1. The van der Waals surface area contributed by atoms with Gasteiger partial charge in [0.05, 0.1) is 12.4 Å². The van der Waals surface area contributed by atoms with Gasteiger partial charge in [-0.15, -0.1) is 0 Å². The van der Waals surface area contributed by atoms with E-state index in [0.717, 1.165) is 7.11 Å². The van der Waals surface area contributed by atoms with E-state index in [9.17, 15) is 4.39 Å². The minimum Gasteiger partial charge on any atom is -0.400 e. The van der Waals surface area contributed by atoms with Gasteiger partial charge in [-0.2, -0.15) is 5.10 Å². The highest BCUT2D eigenvalue weighted by Crippen LogP contribution is 2.18. The molecule has 0 aliphatic heterocycles. The van der Waals surface area contributed by atoms with Gasteiger partial charge in [0.2, 0.25) is 0 Å². The summed E-state index contributed by atoms with van der Waals surface area (Å²) in [6, 6.07) is 0. The van der Waals surface area contributed by atoms with Crippen LogP contribution in [-0.2, 0) is 7.05 Å². The van der Waals surface area contributed by atoms with Gasteiger partial charge < -0.3 is 5.11 Å².